The van der Waals surface area contributed by atoms with Crippen molar-refractivity contribution in [2.45, 2.75) is 71.8 Å². The van der Waals surface area contributed by atoms with E-state index < -0.39 is 7.37 Å². The number of hydrogen-bond acceptors (Lipinski definition) is 2. The van der Waals surface area contributed by atoms with Gasteiger partial charge in [0.2, 0.25) is 7.37 Å². The van der Waals surface area contributed by atoms with Crippen molar-refractivity contribution in [3.05, 3.63) is 30.3 Å². The lowest BCUT2D eigenvalue weighted by Crippen LogP contribution is -2.14. The summed E-state index contributed by atoms with van der Waals surface area (Å²) in [5, 5.41) is 0.865. The molecule has 1 atom stereocenters. The molecule has 0 aliphatic carbocycles. The molecule has 0 saturated heterocycles. The van der Waals surface area contributed by atoms with E-state index in [4.69, 9.17) is 4.52 Å². The highest BCUT2D eigenvalue weighted by molar-refractivity contribution is 7.67. The smallest absolute Gasteiger partial charge is 0.232 e. The molecule has 0 amide bonds. The minimum absolute atomic E-state index is 0.000550. The fourth-order valence-corrected chi connectivity index (χ4v) is 4.95. The normalized spacial score (nSPS) is 14.3. The van der Waals surface area contributed by atoms with Crippen molar-refractivity contribution in [1.82, 2.24) is 0 Å². The summed E-state index contributed by atoms with van der Waals surface area (Å²) in [6.07, 6.45) is 9.31. The highest BCUT2D eigenvalue weighted by Crippen LogP contribution is 2.47. The van der Waals surface area contributed by atoms with Crippen molar-refractivity contribution < 1.29 is 9.09 Å². The summed E-state index contributed by atoms with van der Waals surface area (Å²) in [5.74, 6) is 0. The minimum atomic E-state index is -2.69. The Morgan fingerprint density at radius 1 is 0.952 bits per heavy atom. The summed E-state index contributed by atoms with van der Waals surface area (Å²) < 4.78 is 19.0. The van der Waals surface area contributed by atoms with Crippen LogP contribution in [0.15, 0.2) is 30.3 Å². The zero-order valence-corrected chi connectivity index (χ0v) is 14.8. The summed E-state index contributed by atoms with van der Waals surface area (Å²) in [7, 11) is -2.69. The molecule has 1 unspecified atom stereocenters. The molecule has 0 spiro atoms. The van der Waals surface area contributed by atoms with E-state index >= 15 is 0 Å². The van der Waals surface area contributed by atoms with E-state index in [1.165, 1.54) is 32.1 Å². The molecule has 0 aliphatic rings. The van der Waals surface area contributed by atoms with Crippen molar-refractivity contribution in [3.8, 4) is 0 Å². The Kier molecular flexibility index (Phi) is 8.96. The van der Waals surface area contributed by atoms with E-state index in [1.54, 1.807) is 0 Å². The van der Waals surface area contributed by atoms with Crippen molar-refractivity contribution in [2.24, 2.45) is 0 Å². The second-order valence-electron chi connectivity index (χ2n) is 6.01. The molecule has 1 aromatic carbocycles. The van der Waals surface area contributed by atoms with Gasteiger partial charge in [0.1, 0.15) is 0 Å². The largest absolute Gasteiger partial charge is 0.323 e. The zero-order chi connectivity index (χ0) is 15.6. The topological polar surface area (TPSA) is 26.3 Å². The highest BCUT2D eigenvalue weighted by Gasteiger charge is 2.26. The Labute approximate surface area is 130 Å². The Hall–Kier alpha value is -0.590. The van der Waals surface area contributed by atoms with E-state index in [0.29, 0.717) is 6.16 Å². The molecule has 21 heavy (non-hydrogen) atoms. The second-order valence-corrected chi connectivity index (χ2v) is 8.53. The first-order valence-electron chi connectivity index (χ1n) is 8.41. The van der Waals surface area contributed by atoms with Crippen LogP contribution < -0.4 is 5.30 Å². The summed E-state index contributed by atoms with van der Waals surface area (Å²) in [6.45, 7) is 6.15. The average molecular weight is 310 g/mol. The van der Waals surface area contributed by atoms with E-state index in [1.807, 2.05) is 44.2 Å². The van der Waals surface area contributed by atoms with Gasteiger partial charge in [-0.3, -0.25) is 4.57 Å². The van der Waals surface area contributed by atoms with Gasteiger partial charge in [0.05, 0.1) is 6.10 Å². The van der Waals surface area contributed by atoms with E-state index in [-0.39, 0.29) is 6.10 Å². The Morgan fingerprint density at radius 3 is 2.10 bits per heavy atom. The lowest BCUT2D eigenvalue weighted by molar-refractivity contribution is 0.248. The molecule has 0 saturated carbocycles. The van der Waals surface area contributed by atoms with Crippen molar-refractivity contribution >= 4 is 12.7 Å². The van der Waals surface area contributed by atoms with Gasteiger partial charge in [-0.15, -0.1) is 0 Å². The van der Waals surface area contributed by atoms with Crippen LogP contribution in [0.1, 0.15) is 65.7 Å². The average Bonchev–Trinajstić information content (AvgIpc) is 2.46. The molecule has 0 bridgehead atoms. The summed E-state index contributed by atoms with van der Waals surface area (Å²) in [5.41, 5.74) is 0. The van der Waals surface area contributed by atoms with Crippen LogP contribution in [0, 0.1) is 0 Å². The van der Waals surface area contributed by atoms with Gasteiger partial charge in [-0.1, -0.05) is 63.6 Å². The van der Waals surface area contributed by atoms with Gasteiger partial charge in [0.25, 0.3) is 0 Å². The SMILES string of the molecule is CCCCCCCCCP(=O)(OC(C)C)c1ccccc1. The van der Waals surface area contributed by atoms with Gasteiger partial charge in [-0.05, 0) is 32.4 Å². The third kappa shape index (κ3) is 7.29. The predicted molar refractivity (Wildman–Crippen MR) is 92.8 cm³/mol. The maximum atomic E-state index is 13.1. The number of unbranched alkanes of at least 4 members (excludes halogenated alkanes) is 6. The first-order valence-corrected chi connectivity index (χ1v) is 10.2. The predicted octanol–water partition coefficient (Wildman–Crippen LogP) is 5.77. The molecule has 3 heteroatoms. The molecule has 1 aromatic rings. The molecular weight excluding hydrogens is 279 g/mol. The molecule has 0 aliphatic heterocycles. The number of rotatable bonds is 11. The van der Waals surface area contributed by atoms with Crippen molar-refractivity contribution in [3.63, 3.8) is 0 Å². The third-order valence-electron chi connectivity index (χ3n) is 3.59. The minimum Gasteiger partial charge on any atom is -0.323 e. The van der Waals surface area contributed by atoms with Crippen molar-refractivity contribution in [2.75, 3.05) is 6.16 Å². The molecule has 0 fully saturated rings. The Bertz CT molecular complexity index is 414. The Balaban J connectivity index is 2.46. The van der Waals surface area contributed by atoms with Crippen LogP contribution in [0.2, 0.25) is 0 Å². The van der Waals surface area contributed by atoms with Gasteiger partial charge in [-0.2, -0.15) is 0 Å². The van der Waals surface area contributed by atoms with Crippen LogP contribution in [0.25, 0.3) is 0 Å². The summed E-state index contributed by atoms with van der Waals surface area (Å²) in [4.78, 5) is 0. The first-order chi connectivity index (χ1) is 10.1. The molecule has 0 heterocycles. The summed E-state index contributed by atoms with van der Waals surface area (Å²) >= 11 is 0. The van der Waals surface area contributed by atoms with Crippen LogP contribution in [0.4, 0.5) is 0 Å². The van der Waals surface area contributed by atoms with E-state index in [0.717, 1.165) is 18.1 Å². The molecule has 0 aromatic heterocycles. The lowest BCUT2D eigenvalue weighted by Gasteiger charge is -2.21. The van der Waals surface area contributed by atoms with Gasteiger partial charge in [-0.25, -0.2) is 0 Å². The Morgan fingerprint density at radius 2 is 1.52 bits per heavy atom. The third-order valence-corrected chi connectivity index (χ3v) is 6.34. The maximum Gasteiger partial charge on any atom is 0.232 e. The number of benzene rings is 1. The molecule has 0 N–H and O–H groups in total. The summed E-state index contributed by atoms with van der Waals surface area (Å²) in [6, 6.07) is 9.71. The monoisotopic (exact) mass is 310 g/mol. The van der Waals surface area contributed by atoms with Gasteiger partial charge in [0.15, 0.2) is 0 Å². The standard InChI is InChI=1S/C18H31O2P/c1-4-5-6-7-8-9-13-16-21(19,20-17(2)3)18-14-11-10-12-15-18/h10-12,14-15,17H,4-9,13,16H2,1-3H3. The van der Waals surface area contributed by atoms with Crippen LogP contribution in [-0.2, 0) is 9.09 Å². The molecule has 1 rings (SSSR count). The van der Waals surface area contributed by atoms with Crippen LogP contribution in [0.5, 0.6) is 0 Å². The van der Waals surface area contributed by atoms with Crippen LogP contribution >= 0.6 is 7.37 Å². The first kappa shape index (κ1) is 18.5. The molecular formula is C18H31O2P. The fourth-order valence-electron chi connectivity index (χ4n) is 2.52. The number of hydrogen-bond donors (Lipinski definition) is 0. The molecule has 2 nitrogen and oxygen atoms in total. The highest BCUT2D eigenvalue weighted by atomic mass is 31.2. The molecule has 0 radical (unpaired) electrons. The molecule has 120 valence electrons. The van der Waals surface area contributed by atoms with Crippen LogP contribution in [0.3, 0.4) is 0 Å². The van der Waals surface area contributed by atoms with Crippen LogP contribution in [-0.4, -0.2) is 12.3 Å². The van der Waals surface area contributed by atoms with E-state index in [2.05, 4.69) is 6.92 Å². The lowest BCUT2D eigenvalue weighted by atomic mass is 10.1. The zero-order valence-electron chi connectivity index (χ0n) is 13.9. The van der Waals surface area contributed by atoms with Crippen molar-refractivity contribution in [1.29, 1.82) is 0 Å². The maximum absolute atomic E-state index is 13.1. The second kappa shape index (κ2) is 10.2. The van der Waals surface area contributed by atoms with Gasteiger partial charge < -0.3 is 4.52 Å². The fraction of sp³-hybridized carbons (Fsp3) is 0.667. The van der Waals surface area contributed by atoms with Gasteiger partial charge in [0, 0.05) is 11.5 Å². The van der Waals surface area contributed by atoms with E-state index in [9.17, 15) is 4.57 Å². The quantitative estimate of drug-likeness (QED) is 0.383. The van der Waals surface area contributed by atoms with Gasteiger partial charge >= 0.3 is 0 Å².